The largest absolute Gasteiger partial charge is 0.444 e. The zero-order chi connectivity index (χ0) is 20.4. The Morgan fingerprint density at radius 1 is 1.04 bits per heavy atom. The quantitative estimate of drug-likeness (QED) is 0.529. The van der Waals surface area contributed by atoms with Gasteiger partial charge in [0.2, 0.25) is 6.41 Å². The molecule has 0 spiro atoms. The van der Waals surface area contributed by atoms with Crippen LogP contribution < -0.4 is 5.32 Å². The van der Waals surface area contributed by atoms with Crippen LogP contribution in [-0.2, 0) is 27.4 Å². The highest BCUT2D eigenvalue weighted by Crippen LogP contribution is 2.10. The van der Waals surface area contributed by atoms with Crippen molar-refractivity contribution in [3.05, 3.63) is 71.8 Å². The Balaban J connectivity index is 2.01. The summed E-state index contributed by atoms with van der Waals surface area (Å²) in [7, 11) is 0. The molecule has 0 heterocycles. The van der Waals surface area contributed by atoms with Crippen LogP contribution in [0.4, 0.5) is 4.79 Å². The van der Waals surface area contributed by atoms with Gasteiger partial charge in [-0.1, -0.05) is 60.7 Å². The van der Waals surface area contributed by atoms with Gasteiger partial charge in [0.15, 0.2) is 0 Å². The van der Waals surface area contributed by atoms with Crippen molar-refractivity contribution in [2.24, 2.45) is 0 Å². The number of nitrogens with zero attached hydrogens (tertiary/aromatic N) is 1. The molecule has 0 aliphatic carbocycles. The number of carbonyl (C=O) groups excluding carboxylic acids is 2. The molecule has 0 saturated heterocycles. The predicted octanol–water partition coefficient (Wildman–Crippen LogP) is 3.71. The summed E-state index contributed by atoms with van der Waals surface area (Å²) in [6.07, 6.45) is 0.638. The lowest BCUT2D eigenvalue weighted by Gasteiger charge is -2.26. The zero-order valence-corrected chi connectivity index (χ0v) is 16.6. The molecule has 2 aromatic rings. The van der Waals surface area contributed by atoms with E-state index in [1.807, 2.05) is 60.7 Å². The molecule has 28 heavy (non-hydrogen) atoms. The Morgan fingerprint density at radius 3 is 2.14 bits per heavy atom. The number of ether oxygens (including phenoxy) is 1. The van der Waals surface area contributed by atoms with Crippen molar-refractivity contribution < 1.29 is 19.2 Å². The topological polar surface area (TPSA) is 67.9 Å². The van der Waals surface area contributed by atoms with Crippen molar-refractivity contribution in [2.75, 3.05) is 6.54 Å². The summed E-state index contributed by atoms with van der Waals surface area (Å²) in [5.41, 5.74) is 1.39. The number of rotatable bonds is 9. The molecule has 2 amide bonds. The molecule has 2 rings (SSSR count). The van der Waals surface area contributed by atoms with E-state index >= 15 is 0 Å². The second-order valence-corrected chi connectivity index (χ2v) is 7.50. The highest BCUT2D eigenvalue weighted by molar-refractivity contribution is 5.68. The van der Waals surface area contributed by atoms with E-state index < -0.39 is 11.7 Å². The van der Waals surface area contributed by atoms with Crippen LogP contribution >= 0.6 is 0 Å². The Hall–Kier alpha value is -2.86. The third kappa shape index (κ3) is 8.22. The second-order valence-electron chi connectivity index (χ2n) is 7.50. The van der Waals surface area contributed by atoms with Crippen LogP contribution in [0.5, 0.6) is 0 Å². The minimum Gasteiger partial charge on any atom is -0.444 e. The summed E-state index contributed by atoms with van der Waals surface area (Å²) < 4.78 is 5.35. The zero-order valence-electron chi connectivity index (χ0n) is 16.6. The molecule has 0 radical (unpaired) electrons. The second kappa shape index (κ2) is 10.5. The molecule has 0 fully saturated rings. The number of amides is 2. The van der Waals surface area contributed by atoms with Crippen molar-refractivity contribution in [1.29, 1.82) is 0 Å². The first kappa shape index (κ1) is 21.4. The van der Waals surface area contributed by atoms with E-state index in [0.717, 1.165) is 11.1 Å². The maximum atomic E-state index is 12.2. The highest BCUT2D eigenvalue weighted by atomic mass is 16.7. The Kier molecular flexibility index (Phi) is 8.02. The summed E-state index contributed by atoms with van der Waals surface area (Å²) in [5.74, 6) is 0. The minimum atomic E-state index is -0.602. The molecule has 6 heteroatoms. The normalized spacial score (nSPS) is 12.1. The molecule has 0 aliphatic heterocycles. The fraction of sp³-hybridized carbons (Fsp3) is 0.364. The van der Waals surface area contributed by atoms with E-state index in [4.69, 9.17) is 9.57 Å². The van der Waals surface area contributed by atoms with Crippen LogP contribution in [-0.4, -0.2) is 35.8 Å². The average Bonchev–Trinajstić information content (AvgIpc) is 2.65. The van der Waals surface area contributed by atoms with Gasteiger partial charge in [-0.3, -0.25) is 9.63 Å². The van der Waals surface area contributed by atoms with Crippen LogP contribution in [0.2, 0.25) is 0 Å². The van der Waals surface area contributed by atoms with Crippen LogP contribution in [0.3, 0.4) is 0 Å². The summed E-state index contributed by atoms with van der Waals surface area (Å²) in [6.45, 7) is 5.88. The number of benzene rings is 2. The van der Waals surface area contributed by atoms with Gasteiger partial charge in [-0.25, -0.2) is 9.86 Å². The fourth-order valence-electron chi connectivity index (χ4n) is 2.61. The fourth-order valence-corrected chi connectivity index (χ4v) is 2.61. The molecule has 150 valence electrons. The van der Waals surface area contributed by atoms with E-state index in [1.165, 1.54) is 5.06 Å². The van der Waals surface area contributed by atoms with Gasteiger partial charge in [-0.2, -0.15) is 0 Å². The lowest BCUT2D eigenvalue weighted by Crippen LogP contribution is -2.46. The molecule has 0 aliphatic rings. The van der Waals surface area contributed by atoms with Gasteiger partial charge in [0, 0.05) is 0 Å². The third-order valence-electron chi connectivity index (χ3n) is 3.80. The Labute approximate surface area is 166 Å². The number of hydroxylamine groups is 2. The summed E-state index contributed by atoms with van der Waals surface area (Å²) in [4.78, 5) is 29.3. The van der Waals surface area contributed by atoms with Crippen molar-refractivity contribution in [3.63, 3.8) is 0 Å². The lowest BCUT2D eigenvalue weighted by atomic mass is 10.1. The molecule has 0 bridgehead atoms. The number of hydrogen-bond acceptors (Lipinski definition) is 4. The molecule has 2 aromatic carbocycles. The summed E-state index contributed by atoms with van der Waals surface area (Å²) in [5, 5.41) is 4.05. The molecular formula is C22H28N2O4. The van der Waals surface area contributed by atoms with Gasteiger partial charge in [0.25, 0.3) is 0 Å². The van der Waals surface area contributed by atoms with E-state index in [9.17, 15) is 9.59 Å². The van der Waals surface area contributed by atoms with Crippen molar-refractivity contribution in [3.8, 4) is 0 Å². The Bertz CT molecular complexity index is 729. The molecular weight excluding hydrogens is 356 g/mol. The summed E-state index contributed by atoms with van der Waals surface area (Å²) >= 11 is 0. The molecule has 6 nitrogen and oxygen atoms in total. The maximum absolute atomic E-state index is 12.2. The first-order valence-electron chi connectivity index (χ1n) is 9.28. The van der Waals surface area contributed by atoms with E-state index in [0.29, 0.717) is 12.8 Å². The van der Waals surface area contributed by atoms with E-state index in [-0.39, 0.29) is 19.2 Å². The number of nitrogens with one attached hydrogen (secondary N) is 1. The molecule has 0 unspecified atom stereocenters. The third-order valence-corrected chi connectivity index (χ3v) is 3.80. The van der Waals surface area contributed by atoms with Crippen molar-refractivity contribution in [1.82, 2.24) is 10.4 Å². The van der Waals surface area contributed by atoms with Crippen molar-refractivity contribution >= 4 is 12.5 Å². The van der Waals surface area contributed by atoms with Crippen LogP contribution in [0.15, 0.2) is 60.7 Å². The van der Waals surface area contributed by atoms with Gasteiger partial charge in [0.05, 0.1) is 12.6 Å². The monoisotopic (exact) mass is 384 g/mol. The average molecular weight is 384 g/mol. The number of hydrogen-bond donors (Lipinski definition) is 1. The van der Waals surface area contributed by atoms with Crippen LogP contribution in [0.1, 0.15) is 31.9 Å². The maximum Gasteiger partial charge on any atom is 0.407 e. The SMILES string of the molecule is CC(C)(C)OC(=O)N[C@H](Cc1ccccc1)CN(C=O)OCc1ccccc1. The van der Waals surface area contributed by atoms with Gasteiger partial charge >= 0.3 is 6.09 Å². The van der Waals surface area contributed by atoms with Crippen LogP contribution in [0.25, 0.3) is 0 Å². The first-order valence-corrected chi connectivity index (χ1v) is 9.28. The number of alkyl carbamates (subject to hydrolysis) is 1. The standard InChI is InChI=1S/C22H28N2O4/c1-22(2,3)28-21(26)23-20(14-18-10-6-4-7-11-18)15-24(17-25)27-16-19-12-8-5-9-13-19/h4-13,17,20H,14-16H2,1-3H3,(H,23,26)/t20-/m1/s1. The smallest absolute Gasteiger partial charge is 0.407 e. The minimum absolute atomic E-state index is 0.199. The predicted molar refractivity (Wildman–Crippen MR) is 107 cm³/mol. The molecule has 1 atom stereocenters. The summed E-state index contributed by atoms with van der Waals surface area (Å²) in [6, 6.07) is 19.0. The first-order chi connectivity index (χ1) is 13.4. The van der Waals surface area contributed by atoms with Crippen LogP contribution in [0, 0.1) is 0 Å². The van der Waals surface area contributed by atoms with Gasteiger partial charge in [0.1, 0.15) is 12.2 Å². The number of carbonyl (C=O) groups is 2. The molecule has 0 aromatic heterocycles. The lowest BCUT2D eigenvalue weighted by molar-refractivity contribution is -0.179. The van der Waals surface area contributed by atoms with E-state index in [2.05, 4.69) is 5.32 Å². The molecule has 0 saturated carbocycles. The van der Waals surface area contributed by atoms with Crippen molar-refractivity contribution in [2.45, 2.75) is 45.4 Å². The Morgan fingerprint density at radius 2 is 1.61 bits per heavy atom. The highest BCUT2D eigenvalue weighted by Gasteiger charge is 2.22. The van der Waals surface area contributed by atoms with Gasteiger partial charge < -0.3 is 10.1 Å². The van der Waals surface area contributed by atoms with Gasteiger partial charge in [-0.05, 0) is 38.3 Å². The van der Waals surface area contributed by atoms with E-state index in [1.54, 1.807) is 20.8 Å². The van der Waals surface area contributed by atoms with Gasteiger partial charge in [-0.15, -0.1) is 0 Å². The molecule has 1 N–H and O–H groups in total.